The molecule has 126 valence electrons. The van der Waals surface area contributed by atoms with Crippen LogP contribution in [0.5, 0.6) is 5.75 Å². The van der Waals surface area contributed by atoms with Gasteiger partial charge in [0.1, 0.15) is 0 Å². The van der Waals surface area contributed by atoms with Gasteiger partial charge in [0.2, 0.25) is 34.8 Å². The van der Waals surface area contributed by atoms with Gasteiger partial charge < -0.3 is 9.47 Å². The van der Waals surface area contributed by atoms with Gasteiger partial charge in [0.25, 0.3) is 0 Å². The largest absolute Gasteiger partial charge is 0.465 e. The molecule has 9 heteroatoms. The molecule has 0 aliphatic rings. The number of ether oxygens (including phenoxy) is 2. The van der Waals surface area contributed by atoms with Crippen LogP contribution in [-0.2, 0) is 4.74 Å². The van der Waals surface area contributed by atoms with E-state index in [1.807, 2.05) is 0 Å². The average molecular weight is 346 g/mol. The maximum Gasteiger partial charge on any atom is 0.343 e. The molecule has 0 aromatic heterocycles. The fourth-order valence-corrected chi connectivity index (χ4v) is 1.72. The molecular formula is C15H7F5O4. The minimum absolute atomic E-state index is 0.0793. The number of methoxy groups -OCH3 is 1. The van der Waals surface area contributed by atoms with E-state index in [9.17, 15) is 31.5 Å². The van der Waals surface area contributed by atoms with Crippen LogP contribution in [0, 0.1) is 29.1 Å². The van der Waals surface area contributed by atoms with Crippen molar-refractivity contribution in [3.8, 4) is 5.75 Å². The van der Waals surface area contributed by atoms with Crippen molar-refractivity contribution in [2.75, 3.05) is 7.11 Å². The van der Waals surface area contributed by atoms with Gasteiger partial charge in [0, 0.05) is 0 Å². The van der Waals surface area contributed by atoms with E-state index in [4.69, 9.17) is 0 Å². The summed E-state index contributed by atoms with van der Waals surface area (Å²) in [4.78, 5) is 23.2. The van der Waals surface area contributed by atoms with Crippen molar-refractivity contribution in [3.05, 3.63) is 64.5 Å². The summed E-state index contributed by atoms with van der Waals surface area (Å²) in [7, 11) is 1.09. The van der Waals surface area contributed by atoms with Gasteiger partial charge in [-0.2, -0.15) is 8.78 Å². The first-order valence-corrected chi connectivity index (χ1v) is 6.20. The molecule has 0 spiro atoms. The van der Waals surface area contributed by atoms with Crippen LogP contribution in [0.2, 0.25) is 0 Å². The van der Waals surface area contributed by atoms with E-state index < -0.39 is 46.8 Å². The Kier molecular flexibility index (Phi) is 4.82. The highest BCUT2D eigenvalue weighted by molar-refractivity contribution is 5.96. The van der Waals surface area contributed by atoms with Crippen LogP contribution in [0.25, 0.3) is 0 Å². The van der Waals surface area contributed by atoms with Gasteiger partial charge in [-0.3, -0.25) is 0 Å². The molecule has 0 aliphatic heterocycles. The van der Waals surface area contributed by atoms with Crippen LogP contribution >= 0.6 is 0 Å². The van der Waals surface area contributed by atoms with Crippen molar-refractivity contribution in [3.63, 3.8) is 0 Å². The first-order chi connectivity index (χ1) is 11.3. The molecule has 2 aromatic carbocycles. The summed E-state index contributed by atoms with van der Waals surface area (Å²) in [6, 6.07) is 4.60. The summed E-state index contributed by atoms with van der Waals surface area (Å²) in [6.07, 6.45) is 0. The standard InChI is InChI=1S/C15H7F5O4/c1-23-14(21)6-3-2-4-7(5-6)15(22)24-13-11(19)9(17)8(16)10(18)12(13)20/h2-5H,1H3. The molecular weight excluding hydrogens is 339 g/mol. The number of hydrogen-bond donors (Lipinski definition) is 0. The highest BCUT2D eigenvalue weighted by Gasteiger charge is 2.29. The molecule has 0 amide bonds. The lowest BCUT2D eigenvalue weighted by molar-refractivity contribution is 0.0600. The molecule has 0 N–H and O–H groups in total. The maximum absolute atomic E-state index is 13.5. The summed E-state index contributed by atoms with van der Waals surface area (Å²) in [6.45, 7) is 0. The third kappa shape index (κ3) is 3.05. The van der Waals surface area contributed by atoms with E-state index in [0.717, 1.165) is 19.2 Å². The topological polar surface area (TPSA) is 52.6 Å². The lowest BCUT2D eigenvalue weighted by atomic mass is 10.1. The highest BCUT2D eigenvalue weighted by atomic mass is 19.2. The molecule has 0 heterocycles. The molecule has 0 radical (unpaired) electrons. The maximum atomic E-state index is 13.5. The predicted octanol–water partition coefficient (Wildman–Crippen LogP) is 3.39. The predicted molar refractivity (Wildman–Crippen MR) is 69.0 cm³/mol. The Bertz CT molecular complexity index is 806. The summed E-state index contributed by atoms with van der Waals surface area (Å²) in [5.41, 5.74) is -0.439. The Hall–Kier alpha value is -2.97. The second-order valence-corrected chi connectivity index (χ2v) is 4.36. The SMILES string of the molecule is COC(=O)c1cccc(C(=O)Oc2c(F)c(F)c(F)c(F)c2F)c1. The monoisotopic (exact) mass is 346 g/mol. The first kappa shape index (κ1) is 17.4. The van der Waals surface area contributed by atoms with E-state index in [0.29, 0.717) is 0 Å². The first-order valence-electron chi connectivity index (χ1n) is 6.20. The molecule has 24 heavy (non-hydrogen) atoms. The van der Waals surface area contributed by atoms with Gasteiger partial charge in [-0.25, -0.2) is 22.8 Å². The smallest absolute Gasteiger partial charge is 0.343 e. The summed E-state index contributed by atoms with van der Waals surface area (Å²) >= 11 is 0. The molecule has 2 rings (SSSR count). The van der Waals surface area contributed by atoms with Crippen LogP contribution in [-0.4, -0.2) is 19.0 Å². The van der Waals surface area contributed by atoms with Gasteiger partial charge in [0.15, 0.2) is 0 Å². The number of halogens is 5. The minimum Gasteiger partial charge on any atom is -0.465 e. The van der Waals surface area contributed by atoms with Crippen molar-refractivity contribution in [1.29, 1.82) is 0 Å². The number of carbonyl (C=O) groups is 2. The second-order valence-electron chi connectivity index (χ2n) is 4.36. The highest BCUT2D eigenvalue weighted by Crippen LogP contribution is 2.29. The van der Waals surface area contributed by atoms with Crippen molar-refractivity contribution in [2.24, 2.45) is 0 Å². The fourth-order valence-electron chi connectivity index (χ4n) is 1.72. The third-order valence-corrected chi connectivity index (χ3v) is 2.88. The Morgan fingerprint density at radius 2 is 1.25 bits per heavy atom. The number of esters is 2. The lowest BCUT2D eigenvalue weighted by Gasteiger charge is -2.09. The Labute approximate surface area is 131 Å². The molecule has 0 aliphatic carbocycles. The van der Waals surface area contributed by atoms with E-state index >= 15 is 0 Å². The van der Waals surface area contributed by atoms with E-state index in [1.165, 1.54) is 12.1 Å². The molecule has 0 saturated heterocycles. The van der Waals surface area contributed by atoms with Crippen LogP contribution in [0.3, 0.4) is 0 Å². The van der Waals surface area contributed by atoms with Crippen LogP contribution in [0.1, 0.15) is 20.7 Å². The molecule has 4 nitrogen and oxygen atoms in total. The van der Waals surface area contributed by atoms with Gasteiger partial charge in [0.05, 0.1) is 18.2 Å². The van der Waals surface area contributed by atoms with Crippen molar-refractivity contribution in [1.82, 2.24) is 0 Å². The zero-order valence-electron chi connectivity index (χ0n) is 11.8. The zero-order chi connectivity index (χ0) is 18.0. The van der Waals surface area contributed by atoms with Crippen LogP contribution in [0.4, 0.5) is 22.0 Å². The molecule has 0 fully saturated rings. The van der Waals surface area contributed by atoms with E-state index in [-0.39, 0.29) is 11.1 Å². The second kappa shape index (κ2) is 6.65. The molecule has 2 aromatic rings. The van der Waals surface area contributed by atoms with Gasteiger partial charge >= 0.3 is 11.9 Å². The molecule has 0 unspecified atom stereocenters. The number of carbonyl (C=O) groups excluding carboxylic acids is 2. The quantitative estimate of drug-likeness (QED) is 0.281. The van der Waals surface area contributed by atoms with Crippen molar-refractivity contribution in [2.45, 2.75) is 0 Å². The van der Waals surface area contributed by atoms with E-state index in [1.54, 1.807) is 0 Å². The summed E-state index contributed by atoms with van der Waals surface area (Å²) in [5, 5.41) is 0. The lowest BCUT2D eigenvalue weighted by Crippen LogP contribution is -2.14. The summed E-state index contributed by atoms with van der Waals surface area (Å²) < 4.78 is 74.7. The van der Waals surface area contributed by atoms with Gasteiger partial charge in [-0.1, -0.05) is 6.07 Å². The third-order valence-electron chi connectivity index (χ3n) is 2.88. The molecule has 0 bridgehead atoms. The Morgan fingerprint density at radius 3 is 1.75 bits per heavy atom. The fraction of sp³-hybridized carbons (Fsp3) is 0.0667. The van der Waals surface area contributed by atoms with Gasteiger partial charge in [-0.15, -0.1) is 0 Å². The Morgan fingerprint density at radius 1 is 0.792 bits per heavy atom. The summed E-state index contributed by atoms with van der Waals surface area (Å²) in [5.74, 6) is -15.4. The number of rotatable bonds is 3. The average Bonchev–Trinajstić information content (AvgIpc) is 2.61. The minimum atomic E-state index is -2.38. The van der Waals surface area contributed by atoms with E-state index in [2.05, 4.69) is 9.47 Å². The number of hydrogen-bond acceptors (Lipinski definition) is 4. The van der Waals surface area contributed by atoms with Crippen LogP contribution in [0.15, 0.2) is 24.3 Å². The number of benzene rings is 2. The van der Waals surface area contributed by atoms with Crippen molar-refractivity contribution >= 4 is 11.9 Å². The van der Waals surface area contributed by atoms with Gasteiger partial charge in [-0.05, 0) is 18.2 Å². The Balaban J connectivity index is 2.40. The molecule has 0 atom stereocenters. The molecule has 0 saturated carbocycles. The zero-order valence-corrected chi connectivity index (χ0v) is 11.8. The van der Waals surface area contributed by atoms with Crippen LogP contribution < -0.4 is 4.74 Å². The van der Waals surface area contributed by atoms with Crippen molar-refractivity contribution < 1.29 is 41.0 Å². The normalized spacial score (nSPS) is 10.4.